The molecule has 0 spiro atoms. The third-order valence-electron chi connectivity index (χ3n) is 2.71. The van der Waals surface area contributed by atoms with Crippen LogP contribution >= 0.6 is 0 Å². The van der Waals surface area contributed by atoms with Gasteiger partial charge in [-0.15, -0.1) is 0 Å². The number of hydrogen-bond donors (Lipinski definition) is 1. The highest BCUT2D eigenvalue weighted by atomic mass is 16.4. The molecule has 0 bridgehead atoms. The molecule has 0 aliphatic carbocycles. The van der Waals surface area contributed by atoms with Crippen molar-refractivity contribution in [3.63, 3.8) is 0 Å². The Balaban J connectivity index is 2.39. The Kier molecular flexibility index (Phi) is 3.48. The Morgan fingerprint density at radius 3 is 2.46 bits per heavy atom. The largest absolute Gasteiger partial charge is 0.478 e. The molecule has 1 saturated heterocycles. The number of hydrogen-bond acceptors (Lipinski definition) is 2. The zero-order valence-electron chi connectivity index (χ0n) is 8.23. The van der Waals surface area contributed by atoms with E-state index in [1.54, 1.807) is 6.08 Å². The van der Waals surface area contributed by atoms with Crippen LogP contribution in [0.15, 0.2) is 12.2 Å². The zero-order valence-corrected chi connectivity index (χ0v) is 8.23. The summed E-state index contributed by atoms with van der Waals surface area (Å²) in [6.07, 6.45) is 5.39. The normalized spacial score (nSPS) is 30.0. The topological polar surface area (TPSA) is 40.5 Å². The van der Waals surface area contributed by atoms with Gasteiger partial charge in [0.25, 0.3) is 0 Å². The molecule has 1 rings (SSSR count). The predicted molar refractivity (Wildman–Crippen MR) is 51.6 cm³/mol. The first-order chi connectivity index (χ1) is 6.11. The average Bonchev–Trinajstić information content (AvgIpc) is 2.34. The third-order valence-corrected chi connectivity index (χ3v) is 2.71. The maximum absolute atomic E-state index is 10.2. The Labute approximate surface area is 79.0 Å². The molecule has 0 aromatic rings. The fourth-order valence-electron chi connectivity index (χ4n) is 1.88. The first-order valence-corrected chi connectivity index (χ1v) is 4.76. The number of nitrogens with zero attached hydrogens (tertiary/aromatic N) is 1. The van der Waals surface area contributed by atoms with Crippen LogP contribution in [0.1, 0.15) is 26.7 Å². The van der Waals surface area contributed by atoms with Gasteiger partial charge in [0.2, 0.25) is 0 Å². The van der Waals surface area contributed by atoms with Crippen molar-refractivity contribution in [1.29, 1.82) is 0 Å². The van der Waals surface area contributed by atoms with Gasteiger partial charge in [0.1, 0.15) is 0 Å². The van der Waals surface area contributed by atoms with Gasteiger partial charge >= 0.3 is 5.97 Å². The minimum atomic E-state index is -0.862. The molecule has 0 aromatic carbocycles. The maximum Gasteiger partial charge on any atom is 0.328 e. The maximum atomic E-state index is 10.2. The van der Waals surface area contributed by atoms with Crippen LogP contribution in [0.25, 0.3) is 0 Å². The zero-order chi connectivity index (χ0) is 9.84. The predicted octanol–water partition coefficient (Wildman–Crippen LogP) is 1.50. The van der Waals surface area contributed by atoms with Gasteiger partial charge in [0, 0.05) is 24.7 Å². The van der Waals surface area contributed by atoms with Gasteiger partial charge in [-0.05, 0) is 26.7 Å². The molecule has 13 heavy (non-hydrogen) atoms. The minimum absolute atomic E-state index is 0.591. The van der Waals surface area contributed by atoms with Gasteiger partial charge in [0.05, 0.1) is 0 Å². The number of rotatable bonds is 3. The number of carbonyl (C=O) groups is 1. The fraction of sp³-hybridized carbons (Fsp3) is 0.700. The molecule has 0 saturated carbocycles. The van der Waals surface area contributed by atoms with E-state index in [2.05, 4.69) is 18.7 Å². The molecule has 0 aromatic heterocycles. The van der Waals surface area contributed by atoms with Crippen LogP contribution < -0.4 is 0 Å². The van der Waals surface area contributed by atoms with Gasteiger partial charge in [-0.25, -0.2) is 4.79 Å². The highest BCUT2D eigenvalue weighted by Gasteiger charge is 2.25. The van der Waals surface area contributed by atoms with E-state index in [0.717, 1.165) is 6.54 Å². The van der Waals surface area contributed by atoms with Crippen molar-refractivity contribution in [2.24, 2.45) is 0 Å². The van der Waals surface area contributed by atoms with Crippen molar-refractivity contribution in [3.8, 4) is 0 Å². The van der Waals surface area contributed by atoms with Gasteiger partial charge in [-0.3, -0.25) is 4.90 Å². The van der Waals surface area contributed by atoms with Crippen molar-refractivity contribution >= 4 is 5.97 Å². The van der Waals surface area contributed by atoms with Crippen LogP contribution in [-0.4, -0.2) is 34.6 Å². The van der Waals surface area contributed by atoms with Crippen LogP contribution in [0, 0.1) is 0 Å². The van der Waals surface area contributed by atoms with E-state index in [1.165, 1.54) is 18.9 Å². The molecule has 1 fully saturated rings. The summed E-state index contributed by atoms with van der Waals surface area (Å²) in [5, 5.41) is 8.41. The number of aliphatic carboxylic acids is 1. The first-order valence-electron chi connectivity index (χ1n) is 4.76. The van der Waals surface area contributed by atoms with E-state index >= 15 is 0 Å². The summed E-state index contributed by atoms with van der Waals surface area (Å²) in [4.78, 5) is 12.6. The molecule has 0 radical (unpaired) electrons. The lowest BCUT2D eigenvalue weighted by Crippen LogP contribution is -2.32. The van der Waals surface area contributed by atoms with Crippen molar-refractivity contribution in [2.75, 3.05) is 6.54 Å². The summed E-state index contributed by atoms with van der Waals surface area (Å²) in [6.45, 7) is 5.14. The van der Waals surface area contributed by atoms with Crippen LogP contribution in [0.3, 0.4) is 0 Å². The molecule has 1 aliphatic rings. The van der Waals surface area contributed by atoms with Crippen molar-refractivity contribution in [2.45, 2.75) is 38.8 Å². The summed E-state index contributed by atoms with van der Waals surface area (Å²) >= 11 is 0. The van der Waals surface area contributed by atoms with Crippen LogP contribution in [-0.2, 0) is 4.79 Å². The molecule has 1 N–H and O–H groups in total. The molecule has 1 heterocycles. The molecule has 74 valence electrons. The number of carboxylic acid groups (broad SMARTS) is 1. The van der Waals surface area contributed by atoms with Crippen molar-refractivity contribution in [3.05, 3.63) is 12.2 Å². The van der Waals surface area contributed by atoms with E-state index in [9.17, 15) is 4.79 Å². The molecule has 2 atom stereocenters. The Morgan fingerprint density at radius 2 is 2.00 bits per heavy atom. The summed E-state index contributed by atoms with van der Waals surface area (Å²) in [6, 6.07) is 1.18. The summed E-state index contributed by atoms with van der Waals surface area (Å²) in [5.41, 5.74) is 0. The van der Waals surface area contributed by atoms with E-state index < -0.39 is 5.97 Å². The summed E-state index contributed by atoms with van der Waals surface area (Å²) < 4.78 is 0. The second-order valence-corrected chi connectivity index (χ2v) is 3.71. The van der Waals surface area contributed by atoms with E-state index in [1.807, 2.05) is 0 Å². The van der Waals surface area contributed by atoms with Crippen molar-refractivity contribution in [1.82, 2.24) is 4.90 Å². The number of carboxylic acids is 1. The first kappa shape index (κ1) is 10.3. The molecule has 3 heteroatoms. The lowest BCUT2D eigenvalue weighted by atomic mass is 10.2. The average molecular weight is 183 g/mol. The monoisotopic (exact) mass is 183 g/mol. The molecular formula is C10H17NO2. The van der Waals surface area contributed by atoms with E-state index in [0.29, 0.717) is 12.1 Å². The summed E-state index contributed by atoms with van der Waals surface area (Å²) in [5.74, 6) is -0.862. The Morgan fingerprint density at radius 1 is 1.46 bits per heavy atom. The van der Waals surface area contributed by atoms with Gasteiger partial charge in [0.15, 0.2) is 0 Å². The quantitative estimate of drug-likeness (QED) is 0.674. The third kappa shape index (κ3) is 2.84. The van der Waals surface area contributed by atoms with Crippen LogP contribution in [0.2, 0.25) is 0 Å². The van der Waals surface area contributed by atoms with E-state index in [4.69, 9.17) is 5.11 Å². The highest BCUT2D eigenvalue weighted by Crippen LogP contribution is 2.22. The van der Waals surface area contributed by atoms with Crippen molar-refractivity contribution < 1.29 is 9.90 Å². The van der Waals surface area contributed by atoms with Gasteiger partial charge in [-0.1, -0.05) is 6.08 Å². The second kappa shape index (κ2) is 4.42. The smallest absolute Gasteiger partial charge is 0.328 e. The molecule has 1 aliphatic heterocycles. The Hall–Kier alpha value is -0.830. The van der Waals surface area contributed by atoms with E-state index in [-0.39, 0.29) is 0 Å². The van der Waals surface area contributed by atoms with Crippen LogP contribution in [0.5, 0.6) is 0 Å². The lowest BCUT2D eigenvalue weighted by Gasteiger charge is -2.23. The van der Waals surface area contributed by atoms with Gasteiger partial charge < -0.3 is 5.11 Å². The fourth-order valence-corrected chi connectivity index (χ4v) is 1.88. The second-order valence-electron chi connectivity index (χ2n) is 3.71. The number of likely N-dealkylation sites (tertiary alicyclic amines) is 1. The van der Waals surface area contributed by atoms with Crippen LogP contribution in [0.4, 0.5) is 0 Å². The SMILES string of the molecule is CC1CCC(C)N1CC=CC(=O)O. The lowest BCUT2D eigenvalue weighted by molar-refractivity contribution is -0.131. The Bertz CT molecular complexity index is 203. The molecule has 3 nitrogen and oxygen atoms in total. The minimum Gasteiger partial charge on any atom is -0.478 e. The standard InChI is InChI=1S/C10H17NO2/c1-8-5-6-9(2)11(8)7-3-4-10(12)13/h3-4,8-9H,5-7H2,1-2H3,(H,12,13). The summed E-state index contributed by atoms with van der Waals surface area (Å²) in [7, 11) is 0. The molecule has 2 unspecified atom stereocenters. The molecule has 0 amide bonds. The molecular weight excluding hydrogens is 166 g/mol. The van der Waals surface area contributed by atoms with Gasteiger partial charge in [-0.2, -0.15) is 0 Å². The highest BCUT2D eigenvalue weighted by molar-refractivity contribution is 5.79.